The molecule has 1 heterocycles. The molecule has 1 amide bonds. The molecule has 5 nitrogen and oxygen atoms in total. The van der Waals surface area contributed by atoms with Crippen LogP contribution in [0.25, 0.3) is 0 Å². The summed E-state index contributed by atoms with van der Waals surface area (Å²) in [6.45, 7) is 3.62. The molecule has 20 heavy (non-hydrogen) atoms. The number of aliphatic carboxylic acids is 1. The number of amides is 1. The maximum absolute atomic E-state index is 11.7. The number of thiophene rings is 1. The zero-order valence-corrected chi connectivity index (χ0v) is 12.4. The molecule has 1 unspecified atom stereocenters. The van der Waals surface area contributed by atoms with Crippen LogP contribution < -0.4 is 5.32 Å². The lowest BCUT2D eigenvalue weighted by Crippen LogP contribution is -2.44. The number of ether oxygens (including phenoxy) is 1. The van der Waals surface area contributed by atoms with Crippen LogP contribution in [0, 0.1) is 0 Å². The second-order valence-electron chi connectivity index (χ2n) is 3.99. The highest BCUT2D eigenvalue weighted by Crippen LogP contribution is 2.22. The molecule has 0 fully saturated rings. The van der Waals surface area contributed by atoms with Crippen molar-refractivity contribution in [1.82, 2.24) is 5.32 Å². The summed E-state index contributed by atoms with van der Waals surface area (Å²) >= 11 is 7.19. The van der Waals surface area contributed by atoms with Crippen molar-refractivity contribution in [3.8, 4) is 0 Å². The largest absolute Gasteiger partial charge is 0.480 e. The predicted octanol–water partition coefficient (Wildman–Crippen LogP) is 2.11. The minimum atomic E-state index is -1.12. The summed E-state index contributed by atoms with van der Waals surface area (Å²) in [6, 6.07) is 2.57. The lowest BCUT2D eigenvalue weighted by atomic mass is 10.2. The van der Waals surface area contributed by atoms with Crippen LogP contribution in [0.2, 0.25) is 4.34 Å². The minimum absolute atomic E-state index is 0.0854. The van der Waals surface area contributed by atoms with Gasteiger partial charge in [-0.25, -0.2) is 4.79 Å². The summed E-state index contributed by atoms with van der Waals surface area (Å²) in [4.78, 5) is 23.6. The number of carboxylic acid groups (broad SMARTS) is 1. The Bertz CT molecular complexity index is 475. The molecule has 0 aliphatic rings. The van der Waals surface area contributed by atoms with E-state index in [1.807, 2.05) is 6.07 Å². The van der Waals surface area contributed by atoms with Gasteiger partial charge in [-0.1, -0.05) is 17.7 Å². The van der Waals surface area contributed by atoms with Gasteiger partial charge in [-0.05, 0) is 18.6 Å². The normalized spacial score (nSPS) is 11.8. The molecule has 110 valence electrons. The average Bonchev–Trinajstić information content (AvgIpc) is 2.81. The van der Waals surface area contributed by atoms with Crippen molar-refractivity contribution in [2.75, 3.05) is 13.2 Å². The second kappa shape index (κ2) is 8.73. The number of aryl methyl sites for hydroxylation is 1. The molecular formula is C13H16ClNO4S. The highest BCUT2D eigenvalue weighted by Gasteiger charge is 2.19. The number of hydrogen-bond acceptors (Lipinski definition) is 4. The Morgan fingerprint density at radius 3 is 2.85 bits per heavy atom. The topological polar surface area (TPSA) is 75.6 Å². The van der Waals surface area contributed by atoms with Crippen molar-refractivity contribution in [3.63, 3.8) is 0 Å². The highest BCUT2D eigenvalue weighted by molar-refractivity contribution is 7.16. The summed E-state index contributed by atoms with van der Waals surface area (Å²) < 4.78 is 5.71. The average molecular weight is 318 g/mol. The van der Waals surface area contributed by atoms with E-state index in [2.05, 4.69) is 11.9 Å². The van der Waals surface area contributed by atoms with E-state index in [-0.39, 0.29) is 25.5 Å². The maximum atomic E-state index is 11.7. The summed E-state index contributed by atoms with van der Waals surface area (Å²) in [6.07, 6.45) is 2.26. The first kappa shape index (κ1) is 16.7. The van der Waals surface area contributed by atoms with Crippen molar-refractivity contribution in [2.45, 2.75) is 18.9 Å². The van der Waals surface area contributed by atoms with E-state index >= 15 is 0 Å². The second-order valence-corrected chi connectivity index (χ2v) is 5.79. The van der Waals surface area contributed by atoms with Crippen LogP contribution in [0.3, 0.4) is 0 Å². The van der Waals surface area contributed by atoms with Crippen molar-refractivity contribution >= 4 is 34.8 Å². The van der Waals surface area contributed by atoms with Crippen LogP contribution in [-0.4, -0.2) is 36.2 Å². The van der Waals surface area contributed by atoms with Crippen LogP contribution in [-0.2, 0) is 20.7 Å². The molecule has 1 aromatic heterocycles. The van der Waals surface area contributed by atoms with Crippen LogP contribution in [0.5, 0.6) is 0 Å². The van der Waals surface area contributed by atoms with E-state index in [1.54, 1.807) is 6.07 Å². The van der Waals surface area contributed by atoms with Gasteiger partial charge in [0.2, 0.25) is 5.91 Å². The lowest BCUT2D eigenvalue weighted by Gasteiger charge is -2.14. The lowest BCUT2D eigenvalue weighted by molar-refractivity contribution is -0.143. The Hall–Kier alpha value is -1.37. The summed E-state index contributed by atoms with van der Waals surface area (Å²) in [5.74, 6) is -1.45. The van der Waals surface area contributed by atoms with E-state index in [0.717, 1.165) is 4.88 Å². The summed E-state index contributed by atoms with van der Waals surface area (Å²) in [5.41, 5.74) is 0. The number of carboxylic acids is 1. The van der Waals surface area contributed by atoms with Gasteiger partial charge in [0.15, 0.2) is 6.04 Å². The molecule has 1 rings (SSSR count). The van der Waals surface area contributed by atoms with Gasteiger partial charge < -0.3 is 15.2 Å². The molecule has 0 radical (unpaired) electrons. The van der Waals surface area contributed by atoms with Gasteiger partial charge in [-0.15, -0.1) is 17.9 Å². The number of hydrogen-bond donors (Lipinski definition) is 2. The molecule has 0 bridgehead atoms. The van der Waals surface area contributed by atoms with Crippen molar-refractivity contribution < 1.29 is 19.4 Å². The summed E-state index contributed by atoms with van der Waals surface area (Å²) in [7, 11) is 0. The van der Waals surface area contributed by atoms with Gasteiger partial charge in [-0.2, -0.15) is 0 Å². The van der Waals surface area contributed by atoms with E-state index in [1.165, 1.54) is 17.4 Å². The van der Waals surface area contributed by atoms with Gasteiger partial charge in [0.05, 0.1) is 17.6 Å². The standard InChI is InChI=1S/C13H16ClNO4S/c1-2-7-19-8-10(13(17)18)15-12(16)6-4-9-3-5-11(14)20-9/h2-3,5,10H,1,4,6-8H2,(H,15,16)(H,17,18). The fourth-order valence-corrected chi connectivity index (χ4v) is 2.52. The molecule has 2 N–H and O–H groups in total. The first-order valence-electron chi connectivity index (χ1n) is 5.98. The molecule has 0 spiro atoms. The smallest absolute Gasteiger partial charge is 0.328 e. The molecule has 0 aliphatic carbocycles. The van der Waals surface area contributed by atoms with Crippen LogP contribution >= 0.6 is 22.9 Å². The summed E-state index contributed by atoms with van der Waals surface area (Å²) in [5, 5.41) is 11.4. The quantitative estimate of drug-likeness (QED) is 0.540. The number of halogens is 1. The van der Waals surface area contributed by atoms with E-state index < -0.39 is 12.0 Å². The third-order valence-corrected chi connectivity index (χ3v) is 3.67. The third-order valence-electron chi connectivity index (χ3n) is 2.38. The van der Waals surface area contributed by atoms with Crippen LogP contribution in [0.1, 0.15) is 11.3 Å². The maximum Gasteiger partial charge on any atom is 0.328 e. The first-order valence-corrected chi connectivity index (χ1v) is 7.17. The fourth-order valence-electron chi connectivity index (χ4n) is 1.43. The zero-order valence-electron chi connectivity index (χ0n) is 10.8. The molecule has 0 aliphatic heterocycles. The van der Waals surface area contributed by atoms with Crippen LogP contribution in [0.15, 0.2) is 24.8 Å². The van der Waals surface area contributed by atoms with Crippen molar-refractivity contribution in [3.05, 3.63) is 34.0 Å². The third kappa shape index (κ3) is 6.18. The van der Waals surface area contributed by atoms with E-state index in [9.17, 15) is 9.59 Å². The minimum Gasteiger partial charge on any atom is -0.480 e. The fraction of sp³-hybridized carbons (Fsp3) is 0.385. The van der Waals surface area contributed by atoms with Gasteiger partial charge in [0.1, 0.15) is 0 Å². The zero-order chi connectivity index (χ0) is 15.0. The SMILES string of the molecule is C=CCOCC(NC(=O)CCc1ccc(Cl)s1)C(=O)O. The van der Waals surface area contributed by atoms with Gasteiger partial charge in [0.25, 0.3) is 0 Å². The Balaban J connectivity index is 2.37. The van der Waals surface area contributed by atoms with Crippen molar-refractivity contribution in [2.24, 2.45) is 0 Å². The van der Waals surface area contributed by atoms with E-state index in [4.69, 9.17) is 21.4 Å². The van der Waals surface area contributed by atoms with Crippen LogP contribution in [0.4, 0.5) is 0 Å². The molecule has 0 aromatic carbocycles. The van der Waals surface area contributed by atoms with Gasteiger partial charge >= 0.3 is 5.97 Å². The first-order chi connectivity index (χ1) is 9.52. The van der Waals surface area contributed by atoms with E-state index in [0.29, 0.717) is 10.8 Å². The Morgan fingerprint density at radius 1 is 1.55 bits per heavy atom. The molecule has 0 saturated carbocycles. The molecule has 1 atom stereocenters. The number of rotatable bonds is 9. The van der Waals surface area contributed by atoms with Gasteiger partial charge in [-0.3, -0.25) is 4.79 Å². The van der Waals surface area contributed by atoms with Gasteiger partial charge in [0, 0.05) is 11.3 Å². The molecule has 0 saturated heterocycles. The molecule has 7 heteroatoms. The number of carbonyl (C=O) groups excluding carboxylic acids is 1. The molecule has 1 aromatic rings. The highest BCUT2D eigenvalue weighted by atomic mass is 35.5. The Labute approximate surface area is 126 Å². The molecular weight excluding hydrogens is 302 g/mol. The predicted molar refractivity (Wildman–Crippen MR) is 78.2 cm³/mol. The number of nitrogens with one attached hydrogen (secondary N) is 1. The Kier molecular flexibility index (Phi) is 7.28. The monoisotopic (exact) mass is 317 g/mol. The Morgan fingerprint density at radius 2 is 2.30 bits per heavy atom. The number of carbonyl (C=O) groups is 2. The van der Waals surface area contributed by atoms with Crippen molar-refractivity contribution in [1.29, 1.82) is 0 Å².